The maximum atomic E-state index is 12.5. The molecule has 11 heavy (non-hydrogen) atoms. The summed E-state index contributed by atoms with van der Waals surface area (Å²) in [5.74, 6) is -0.365. The molecule has 0 N–H and O–H groups in total. The molecule has 0 bridgehead atoms. The monoisotopic (exact) mass is 149 g/mol. The van der Waals surface area contributed by atoms with Crippen LogP contribution in [0.4, 0.5) is 4.39 Å². The largest absolute Gasteiger partial charge is 0.275 e. The Kier molecular flexibility index (Phi) is 1.18. The number of nitrogens with zero attached hydrogens (tertiary/aromatic N) is 2. The molecule has 0 unspecified atom stereocenters. The van der Waals surface area contributed by atoms with Crippen molar-refractivity contribution in [3.8, 4) is 0 Å². The minimum atomic E-state index is -0.365. The van der Waals surface area contributed by atoms with E-state index in [2.05, 4.69) is 11.2 Å². The molecular formula is C8H6FN2. The van der Waals surface area contributed by atoms with Crippen LogP contribution in [0, 0.1) is 11.9 Å². The highest BCUT2D eigenvalue weighted by Crippen LogP contribution is 2.11. The lowest BCUT2D eigenvalue weighted by atomic mass is 10.2. The summed E-state index contributed by atoms with van der Waals surface area (Å²) in [7, 11) is 1.80. The van der Waals surface area contributed by atoms with Crippen LogP contribution in [0.2, 0.25) is 0 Å². The van der Waals surface area contributed by atoms with Crippen molar-refractivity contribution in [2.24, 2.45) is 7.05 Å². The molecule has 2 aromatic rings. The molecule has 0 saturated heterocycles. The van der Waals surface area contributed by atoms with Crippen LogP contribution in [0.25, 0.3) is 10.9 Å². The van der Waals surface area contributed by atoms with Crippen LogP contribution in [-0.2, 0) is 7.05 Å². The zero-order valence-electron chi connectivity index (χ0n) is 6.00. The van der Waals surface area contributed by atoms with E-state index < -0.39 is 0 Å². The average molecular weight is 149 g/mol. The summed E-state index contributed by atoms with van der Waals surface area (Å²) >= 11 is 0. The molecule has 1 aromatic heterocycles. The van der Waals surface area contributed by atoms with Crippen molar-refractivity contribution in [1.82, 2.24) is 9.78 Å². The molecule has 0 atom stereocenters. The van der Waals surface area contributed by atoms with Crippen molar-refractivity contribution in [1.29, 1.82) is 0 Å². The molecule has 55 valence electrons. The van der Waals surface area contributed by atoms with Crippen LogP contribution >= 0.6 is 0 Å². The third-order valence-corrected chi connectivity index (χ3v) is 1.52. The molecule has 1 aromatic carbocycles. The fraction of sp³-hybridized carbons (Fsp3) is 0.125. The first-order valence-electron chi connectivity index (χ1n) is 3.26. The Morgan fingerprint density at radius 2 is 2.45 bits per heavy atom. The number of hydrogen-bond donors (Lipinski definition) is 0. The van der Waals surface area contributed by atoms with Gasteiger partial charge in [-0.1, -0.05) is 0 Å². The average Bonchev–Trinajstić information content (AvgIpc) is 2.27. The molecule has 2 nitrogen and oxygen atoms in total. The van der Waals surface area contributed by atoms with E-state index >= 15 is 0 Å². The predicted octanol–water partition coefficient (Wildman–Crippen LogP) is 1.51. The maximum absolute atomic E-state index is 12.5. The smallest absolute Gasteiger partial charge is 0.133 e. The van der Waals surface area contributed by atoms with E-state index in [4.69, 9.17) is 0 Å². The van der Waals surface area contributed by atoms with Gasteiger partial charge in [0.15, 0.2) is 0 Å². The van der Waals surface area contributed by atoms with Gasteiger partial charge in [-0.25, -0.2) is 4.39 Å². The van der Waals surface area contributed by atoms with E-state index in [0.717, 1.165) is 5.39 Å². The molecule has 2 rings (SSSR count). The molecule has 0 saturated carbocycles. The van der Waals surface area contributed by atoms with Crippen LogP contribution < -0.4 is 0 Å². The van der Waals surface area contributed by atoms with Crippen molar-refractivity contribution in [2.75, 3.05) is 0 Å². The zero-order valence-corrected chi connectivity index (χ0v) is 6.00. The summed E-state index contributed by atoms with van der Waals surface area (Å²) < 4.78 is 14.2. The number of benzene rings is 1. The SMILES string of the molecule is Cn1cc2c[c]c(F)cc2n1. The Hall–Kier alpha value is -1.38. The molecule has 0 aliphatic carbocycles. The first-order chi connectivity index (χ1) is 5.25. The third-order valence-electron chi connectivity index (χ3n) is 1.52. The number of fused-ring (bicyclic) bond motifs is 1. The van der Waals surface area contributed by atoms with Crippen molar-refractivity contribution in [3.05, 3.63) is 30.2 Å². The van der Waals surface area contributed by atoms with E-state index in [-0.39, 0.29) is 5.82 Å². The highest BCUT2D eigenvalue weighted by atomic mass is 19.1. The Labute approximate surface area is 63.3 Å². The summed E-state index contributed by atoms with van der Waals surface area (Å²) in [4.78, 5) is 0. The predicted molar refractivity (Wildman–Crippen MR) is 39.5 cm³/mol. The second-order valence-corrected chi connectivity index (χ2v) is 2.42. The number of rotatable bonds is 0. The molecule has 0 spiro atoms. The second-order valence-electron chi connectivity index (χ2n) is 2.42. The third kappa shape index (κ3) is 0.981. The Morgan fingerprint density at radius 3 is 3.27 bits per heavy atom. The molecular weight excluding hydrogens is 143 g/mol. The molecule has 0 fully saturated rings. The highest BCUT2D eigenvalue weighted by Gasteiger charge is 1.98. The summed E-state index contributed by atoms with van der Waals surface area (Å²) in [5, 5.41) is 4.94. The fourth-order valence-corrected chi connectivity index (χ4v) is 1.06. The quantitative estimate of drug-likeness (QED) is 0.555. The van der Waals surface area contributed by atoms with Crippen molar-refractivity contribution in [2.45, 2.75) is 0 Å². The van der Waals surface area contributed by atoms with Gasteiger partial charge >= 0.3 is 0 Å². The van der Waals surface area contributed by atoms with Crippen LogP contribution in [0.3, 0.4) is 0 Å². The summed E-state index contributed by atoms with van der Waals surface area (Å²) in [6, 6.07) is 5.43. The summed E-state index contributed by atoms with van der Waals surface area (Å²) in [5.41, 5.74) is 0.670. The lowest BCUT2D eigenvalue weighted by Gasteiger charge is -1.84. The van der Waals surface area contributed by atoms with Gasteiger partial charge in [0.25, 0.3) is 0 Å². The molecule has 0 aliphatic rings. The van der Waals surface area contributed by atoms with Gasteiger partial charge in [-0.15, -0.1) is 0 Å². The van der Waals surface area contributed by atoms with E-state index in [1.165, 1.54) is 6.07 Å². The lowest BCUT2D eigenvalue weighted by Crippen LogP contribution is -1.84. The summed E-state index contributed by atoms with van der Waals surface area (Å²) in [6.45, 7) is 0. The van der Waals surface area contributed by atoms with Crippen LogP contribution in [0.15, 0.2) is 18.3 Å². The van der Waals surface area contributed by atoms with Gasteiger partial charge in [0, 0.05) is 30.8 Å². The minimum absolute atomic E-state index is 0.365. The van der Waals surface area contributed by atoms with Crippen molar-refractivity contribution < 1.29 is 4.39 Å². The molecule has 1 heterocycles. The van der Waals surface area contributed by atoms with Crippen LogP contribution in [0.1, 0.15) is 0 Å². The lowest BCUT2D eigenvalue weighted by molar-refractivity contribution is 0.627. The normalized spacial score (nSPS) is 10.7. The van der Waals surface area contributed by atoms with Gasteiger partial charge in [-0.05, 0) is 6.07 Å². The second kappa shape index (κ2) is 2.05. The van der Waals surface area contributed by atoms with Gasteiger partial charge in [0.05, 0.1) is 5.52 Å². The van der Waals surface area contributed by atoms with Crippen molar-refractivity contribution in [3.63, 3.8) is 0 Å². The number of aromatic nitrogens is 2. The fourth-order valence-electron chi connectivity index (χ4n) is 1.06. The van der Waals surface area contributed by atoms with E-state index in [1.807, 2.05) is 6.20 Å². The van der Waals surface area contributed by atoms with E-state index in [9.17, 15) is 4.39 Å². The molecule has 0 amide bonds. The van der Waals surface area contributed by atoms with Gasteiger partial charge in [-0.2, -0.15) is 5.10 Å². The first kappa shape index (κ1) is 6.34. The first-order valence-corrected chi connectivity index (χ1v) is 3.26. The standard InChI is InChI=1S/C8H6FN2/c1-11-5-6-2-3-7(9)4-8(6)10-11/h2,4-5H,1H3. The zero-order chi connectivity index (χ0) is 7.84. The Bertz CT molecular complexity index is 392. The van der Waals surface area contributed by atoms with Gasteiger partial charge in [0.2, 0.25) is 0 Å². The highest BCUT2D eigenvalue weighted by molar-refractivity contribution is 5.77. The maximum Gasteiger partial charge on any atom is 0.133 e. The summed E-state index contributed by atoms with van der Waals surface area (Å²) in [6.07, 6.45) is 1.82. The number of hydrogen-bond acceptors (Lipinski definition) is 1. The van der Waals surface area contributed by atoms with Gasteiger partial charge < -0.3 is 0 Å². The molecule has 3 heteroatoms. The van der Waals surface area contributed by atoms with Crippen LogP contribution in [0.5, 0.6) is 0 Å². The minimum Gasteiger partial charge on any atom is -0.275 e. The van der Waals surface area contributed by atoms with Gasteiger partial charge in [-0.3, -0.25) is 4.68 Å². The van der Waals surface area contributed by atoms with E-state index in [1.54, 1.807) is 17.8 Å². The molecule has 1 radical (unpaired) electrons. The van der Waals surface area contributed by atoms with E-state index in [0.29, 0.717) is 5.52 Å². The van der Waals surface area contributed by atoms with Crippen molar-refractivity contribution >= 4 is 10.9 Å². The van der Waals surface area contributed by atoms with Crippen LogP contribution in [-0.4, -0.2) is 9.78 Å². The topological polar surface area (TPSA) is 17.8 Å². The Morgan fingerprint density at radius 1 is 1.64 bits per heavy atom. The molecule has 0 aliphatic heterocycles. The van der Waals surface area contributed by atoms with Gasteiger partial charge in [0.1, 0.15) is 5.82 Å². The number of aryl methyl sites for hydroxylation is 1. The number of halogens is 1. The Balaban J connectivity index is 2.82.